The van der Waals surface area contributed by atoms with Crippen LogP contribution in [0.2, 0.25) is 0 Å². The topological polar surface area (TPSA) is 37.4 Å². The molecular weight excluding hydrogens is 214 g/mol. The summed E-state index contributed by atoms with van der Waals surface area (Å²) >= 11 is 0. The smallest absolute Gasteiger partial charge is 0.225 e. The minimum atomic E-state index is 0.0372. The summed E-state index contributed by atoms with van der Waals surface area (Å²) in [5, 5.41) is 0. The molecule has 2 rings (SSSR count). The molecule has 1 saturated heterocycles. The Morgan fingerprint density at radius 3 is 2.41 bits per heavy atom. The van der Waals surface area contributed by atoms with Gasteiger partial charge in [-0.25, -0.2) is 0 Å². The van der Waals surface area contributed by atoms with Crippen LogP contribution in [-0.4, -0.2) is 29.7 Å². The van der Waals surface area contributed by atoms with Crippen molar-refractivity contribution in [1.29, 1.82) is 0 Å². The fraction of sp³-hybridized carbons (Fsp3) is 0.857. The van der Waals surface area contributed by atoms with Gasteiger partial charge in [-0.05, 0) is 31.6 Å². The Hall–Kier alpha value is -0.860. The molecule has 2 fully saturated rings. The zero-order chi connectivity index (χ0) is 12.4. The molecule has 0 aromatic rings. The molecule has 17 heavy (non-hydrogen) atoms. The molecule has 2 aliphatic rings. The summed E-state index contributed by atoms with van der Waals surface area (Å²) in [6.45, 7) is 5.49. The van der Waals surface area contributed by atoms with Crippen LogP contribution in [-0.2, 0) is 9.59 Å². The van der Waals surface area contributed by atoms with Gasteiger partial charge in [0.05, 0.1) is 0 Å². The first-order valence-corrected chi connectivity index (χ1v) is 6.89. The number of Topliss-reactive ketones (excluding diaryl/α,β-unsaturated/α-hetero) is 1. The van der Waals surface area contributed by atoms with E-state index in [2.05, 4.69) is 6.92 Å². The third-order valence-corrected chi connectivity index (χ3v) is 4.35. The van der Waals surface area contributed by atoms with Crippen LogP contribution in [0.5, 0.6) is 0 Å². The number of carbonyl (C=O) groups excluding carboxylic acids is 2. The summed E-state index contributed by atoms with van der Waals surface area (Å²) < 4.78 is 0. The molecule has 0 aromatic heterocycles. The summed E-state index contributed by atoms with van der Waals surface area (Å²) in [6, 6.07) is 0. The number of amides is 1. The van der Waals surface area contributed by atoms with Crippen molar-refractivity contribution in [2.24, 2.45) is 17.8 Å². The average Bonchev–Trinajstić information content (AvgIpc) is 2.33. The van der Waals surface area contributed by atoms with E-state index in [1.165, 1.54) is 12.8 Å². The zero-order valence-corrected chi connectivity index (χ0v) is 10.9. The lowest BCUT2D eigenvalue weighted by atomic mass is 9.82. The second-order valence-electron chi connectivity index (χ2n) is 5.86. The van der Waals surface area contributed by atoms with Crippen LogP contribution in [0.3, 0.4) is 0 Å². The van der Waals surface area contributed by atoms with Gasteiger partial charge in [0.2, 0.25) is 5.91 Å². The lowest BCUT2D eigenvalue weighted by Gasteiger charge is -2.35. The van der Waals surface area contributed by atoms with Crippen LogP contribution in [0.1, 0.15) is 46.0 Å². The number of nitrogens with zero attached hydrogens (tertiary/aromatic N) is 1. The molecule has 1 amide bonds. The summed E-state index contributed by atoms with van der Waals surface area (Å²) in [4.78, 5) is 25.7. The Morgan fingerprint density at radius 2 is 1.82 bits per heavy atom. The standard InChI is InChI=1S/C14H23NO2/c1-10-3-5-12(6-4-10)14(17)15-8-7-13(16)11(2)9-15/h10-12H,3-9H2,1-2H3. The van der Waals surface area contributed by atoms with E-state index in [4.69, 9.17) is 0 Å². The van der Waals surface area contributed by atoms with E-state index in [9.17, 15) is 9.59 Å². The highest BCUT2D eigenvalue weighted by Crippen LogP contribution is 2.30. The van der Waals surface area contributed by atoms with Gasteiger partial charge in [-0.2, -0.15) is 0 Å². The van der Waals surface area contributed by atoms with E-state index in [1.54, 1.807) is 0 Å². The SMILES string of the molecule is CC1CCC(C(=O)N2CCC(=O)C(C)C2)CC1. The summed E-state index contributed by atoms with van der Waals surface area (Å²) in [5.41, 5.74) is 0. The molecule has 96 valence electrons. The minimum absolute atomic E-state index is 0.0372. The van der Waals surface area contributed by atoms with E-state index in [1.807, 2.05) is 11.8 Å². The van der Waals surface area contributed by atoms with Crippen molar-refractivity contribution in [3.05, 3.63) is 0 Å². The monoisotopic (exact) mass is 237 g/mol. The molecular formula is C14H23NO2. The van der Waals surface area contributed by atoms with Crippen LogP contribution in [0.25, 0.3) is 0 Å². The highest BCUT2D eigenvalue weighted by molar-refractivity contribution is 5.85. The number of likely N-dealkylation sites (tertiary alicyclic amines) is 1. The molecule has 3 nitrogen and oxygen atoms in total. The Labute approximate surface area is 104 Å². The number of hydrogen-bond donors (Lipinski definition) is 0. The van der Waals surface area contributed by atoms with Gasteiger partial charge in [0.1, 0.15) is 5.78 Å². The molecule has 1 aliphatic heterocycles. The molecule has 1 saturated carbocycles. The fourth-order valence-electron chi connectivity index (χ4n) is 2.98. The van der Waals surface area contributed by atoms with Crippen LogP contribution < -0.4 is 0 Å². The number of ketones is 1. The predicted molar refractivity (Wildman–Crippen MR) is 66.5 cm³/mol. The van der Waals surface area contributed by atoms with E-state index >= 15 is 0 Å². The Morgan fingerprint density at radius 1 is 1.18 bits per heavy atom. The molecule has 1 aliphatic carbocycles. The zero-order valence-electron chi connectivity index (χ0n) is 10.9. The first kappa shape index (κ1) is 12.6. The first-order chi connectivity index (χ1) is 8.08. The third kappa shape index (κ3) is 2.88. The quantitative estimate of drug-likeness (QED) is 0.701. The van der Waals surface area contributed by atoms with Crippen molar-refractivity contribution in [2.45, 2.75) is 46.0 Å². The van der Waals surface area contributed by atoms with Gasteiger partial charge >= 0.3 is 0 Å². The average molecular weight is 237 g/mol. The number of rotatable bonds is 1. The number of hydrogen-bond acceptors (Lipinski definition) is 2. The van der Waals surface area contributed by atoms with Gasteiger partial charge in [0.25, 0.3) is 0 Å². The maximum Gasteiger partial charge on any atom is 0.225 e. The minimum Gasteiger partial charge on any atom is -0.341 e. The second-order valence-corrected chi connectivity index (χ2v) is 5.86. The van der Waals surface area contributed by atoms with E-state index < -0.39 is 0 Å². The van der Waals surface area contributed by atoms with Gasteiger partial charge in [0.15, 0.2) is 0 Å². The predicted octanol–water partition coefficient (Wildman–Crippen LogP) is 2.25. The second kappa shape index (κ2) is 5.19. The van der Waals surface area contributed by atoms with Crippen LogP contribution in [0.4, 0.5) is 0 Å². The van der Waals surface area contributed by atoms with Crippen molar-refractivity contribution in [3.8, 4) is 0 Å². The highest BCUT2D eigenvalue weighted by atomic mass is 16.2. The molecule has 0 spiro atoms. The maximum absolute atomic E-state index is 12.3. The lowest BCUT2D eigenvalue weighted by molar-refractivity contribution is -0.141. The lowest BCUT2D eigenvalue weighted by Crippen LogP contribution is -2.46. The van der Waals surface area contributed by atoms with Crippen molar-refractivity contribution in [3.63, 3.8) is 0 Å². The molecule has 0 N–H and O–H groups in total. The van der Waals surface area contributed by atoms with Gasteiger partial charge in [-0.3, -0.25) is 9.59 Å². The van der Waals surface area contributed by atoms with Crippen LogP contribution in [0, 0.1) is 17.8 Å². The van der Waals surface area contributed by atoms with Gasteiger partial charge in [0, 0.05) is 31.3 Å². The fourth-order valence-corrected chi connectivity index (χ4v) is 2.98. The Bertz CT molecular complexity index is 305. The highest BCUT2D eigenvalue weighted by Gasteiger charge is 2.32. The van der Waals surface area contributed by atoms with Crippen LogP contribution in [0.15, 0.2) is 0 Å². The van der Waals surface area contributed by atoms with E-state index in [0.717, 1.165) is 18.8 Å². The molecule has 0 aromatic carbocycles. The summed E-state index contributed by atoms with van der Waals surface area (Å²) in [5.74, 6) is 1.66. The van der Waals surface area contributed by atoms with Gasteiger partial charge in [-0.1, -0.05) is 13.8 Å². The van der Waals surface area contributed by atoms with Crippen molar-refractivity contribution < 1.29 is 9.59 Å². The number of piperidine rings is 1. The molecule has 1 atom stereocenters. The molecule has 3 heteroatoms. The largest absolute Gasteiger partial charge is 0.341 e. The van der Waals surface area contributed by atoms with Crippen molar-refractivity contribution in [2.75, 3.05) is 13.1 Å². The molecule has 0 radical (unpaired) electrons. The summed E-state index contributed by atoms with van der Waals surface area (Å²) in [7, 11) is 0. The van der Waals surface area contributed by atoms with Crippen LogP contribution >= 0.6 is 0 Å². The summed E-state index contributed by atoms with van der Waals surface area (Å²) in [6.07, 6.45) is 4.99. The normalized spacial score (nSPS) is 34.8. The van der Waals surface area contributed by atoms with Gasteiger partial charge in [-0.15, -0.1) is 0 Å². The number of carbonyl (C=O) groups is 2. The van der Waals surface area contributed by atoms with Gasteiger partial charge < -0.3 is 4.90 Å². The first-order valence-electron chi connectivity index (χ1n) is 6.89. The molecule has 1 heterocycles. The van der Waals surface area contributed by atoms with E-state index in [-0.39, 0.29) is 11.8 Å². The maximum atomic E-state index is 12.3. The molecule has 0 bridgehead atoms. The third-order valence-electron chi connectivity index (χ3n) is 4.35. The molecule has 1 unspecified atom stereocenters. The van der Waals surface area contributed by atoms with Crippen molar-refractivity contribution in [1.82, 2.24) is 4.90 Å². The Balaban J connectivity index is 1.89. The van der Waals surface area contributed by atoms with E-state index in [0.29, 0.717) is 31.2 Å². The van der Waals surface area contributed by atoms with Crippen molar-refractivity contribution >= 4 is 11.7 Å². The Kier molecular flexibility index (Phi) is 3.85.